The van der Waals surface area contributed by atoms with Crippen molar-refractivity contribution in [1.29, 1.82) is 0 Å². The summed E-state index contributed by atoms with van der Waals surface area (Å²) in [4.78, 5) is 34.2. The summed E-state index contributed by atoms with van der Waals surface area (Å²) in [5, 5.41) is 9.01. The lowest BCUT2D eigenvalue weighted by Gasteiger charge is -2.11. The van der Waals surface area contributed by atoms with Crippen molar-refractivity contribution in [2.75, 3.05) is 0 Å². The van der Waals surface area contributed by atoms with Crippen LogP contribution in [-0.4, -0.2) is 28.9 Å². The van der Waals surface area contributed by atoms with E-state index in [0.29, 0.717) is 12.0 Å². The van der Waals surface area contributed by atoms with E-state index in [4.69, 9.17) is 21.4 Å². The Bertz CT molecular complexity index is 672. The summed E-state index contributed by atoms with van der Waals surface area (Å²) >= 11 is 6.02. The van der Waals surface area contributed by atoms with Gasteiger partial charge in [0.25, 0.3) is 0 Å². The Morgan fingerprint density at radius 2 is 2.07 bits per heavy atom. The number of aliphatic carboxylic acids is 1. The number of hydrogen-bond acceptors (Lipinski definition) is 4. The van der Waals surface area contributed by atoms with Crippen molar-refractivity contribution >= 4 is 29.3 Å². The Kier molecular flexibility index (Phi) is 11.2. The maximum Gasteiger partial charge on any atom is 0.303 e. The molecule has 0 aromatic rings. The highest BCUT2D eigenvalue weighted by atomic mass is 35.5. The van der Waals surface area contributed by atoms with Crippen molar-refractivity contribution in [1.82, 2.24) is 0 Å². The summed E-state index contributed by atoms with van der Waals surface area (Å²) < 4.78 is 5.10. The SMILES string of the molecule is CCCCC/C=C/CC1C=C(Cl)C(=O)/C1=C\C=C\C(CCC(=O)O)OC(C)=O. The van der Waals surface area contributed by atoms with Crippen LogP contribution in [-0.2, 0) is 19.1 Å². The first-order valence-electron chi connectivity index (χ1n) is 9.69. The highest BCUT2D eigenvalue weighted by Gasteiger charge is 2.27. The molecule has 0 saturated carbocycles. The third-order valence-corrected chi connectivity index (χ3v) is 4.62. The van der Waals surface area contributed by atoms with Gasteiger partial charge in [-0.1, -0.05) is 61.7 Å². The van der Waals surface area contributed by atoms with Crippen LogP contribution in [0.5, 0.6) is 0 Å². The first-order chi connectivity index (χ1) is 13.3. The molecule has 0 fully saturated rings. The van der Waals surface area contributed by atoms with E-state index >= 15 is 0 Å². The minimum Gasteiger partial charge on any atom is -0.481 e. The zero-order valence-corrected chi connectivity index (χ0v) is 17.3. The molecule has 0 amide bonds. The van der Waals surface area contributed by atoms with Gasteiger partial charge in [-0.25, -0.2) is 0 Å². The molecule has 2 unspecified atom stereocenters. The second kappa shape index (κ2) is 13.1. The van der Waals surface area contributed by atoms with Crippen LogP contribution < -0.4 is 0 Å². The maximum absolute atomic E-state index is 12.3. The van der Waals surface area contributed by atoms with Crippen molar-refractivity contribution in [2.24, 2.45) is 5.92 Å². The highest BCUT2D eigenvalue weighted by Crippen LogP contribution is 2.32. The number of carbonyl (C=O) groups excluding carboxylic acids is 2. The summed E-state index contributed by atoms with van der Waals surface area (Å²) in [5.41, 5.74) is 0.583. The first kappa shape index (κ1) is 23.9. The average molecular weight is 409 g/mol. The van der Waals surface area contributed by atoms with Gasteiger partial charge >= 0.3 is 11.9 Å². The fraction of sp³-hybridized carbons (Fsp3) is 0.500. The number of halogens is 1. The Morgan fingerprint density at radius 3 is 2.71 bits per heavy atom. The number of carboxylic acids is 1. The van der Waals surface area contributed by atoms with Crippen LogP contribution in [0.2, 0.25) is 0 Å². The van der Waals surface area contributed by atoms with Crippen molar-refractivity contribution in [3.63, 3.8) is 0 Å². The number of ether oxygens (including phenoxy) is 1. The number of unbranched alkanes of at least 4 members (excludes halogenated alkanes) is 3. The molecule has 1 aliphatic rings. The molecule has 5 nitrogen and oxygen atoms in total. The van der Waals surface area contributed by atoms with E-state index in [-0.39, 0.29) is 29.6 Å². The van der Waals surface area contributed by atoms with Gasteiger partial charge in [0.05, 0.1) is 5.03 Å². The molecule has 1 aliphatic carbocycles. The molecule has 0 saturated heterocycles. The number of ketones is 1. The number of hydrogen-bond donors (Lipinski definition) is 1. The Balaban J connectivity index is 2.74. The summed E-state index contributed by atoms with van der Waals surface area (Å²) in [7, 11) is 0. The largest absolute Gasteiger partial charge is 0.481 e. The molecular weight excluding hydrogens is 380 g/mol. The predicted octanol–water partition coefficient (Wildman–Crippen LogP) is 5.11. The van der Waals surface area contributed by atoms with Crippen molar-refractivity contribution in [2.45, 2.75) is 64.9 Å². The van der Waals surface area contributed by atoms with E-state index < -0.39 is 18.0 Å². The number of Topliss-reactive ketones (excluding diaryl/α,β-unsaturated/α-hetero) is 1. The molecule has 1 rings (SSSR count). The van der Waals surface area contributed by atoms with Gasteiger partial charge in [-0.3, -0.25) is 14.4 Å². The predicted molar refractivity (Wildman–Crippen MR) is 110 cm³/mol. The average Bonchev–Trinajstić information content (AvgIpc) is 2.89. The molecule has 0 bridgehead atoms. The Hall–Kier alpha value is -2.14. The molecule has 0 aliphatic heterocycles. The lowest BCUT2D eigenvalue weighted by atomic mass is 9.97. The van der Waals surface area contributed by atoms with E-state index in [1.54, 1.807) is 24.3 Å². The molecule has 154 valence electrons. The molecule has 6 heteroatoms. The Morgan fingerprint density at radius 1 is 1.32 bits per heavy atom. The van der Waals surface area contributed by atoms with Gasteiger partial charge in [0.1, 0.15) is 6.10 Å². The second-order valence-corrected chi connectivity index (χ2v) is 7.15. The summed E-state index contributed by atoms with van der Waals surface area (Å²) in [5.74, 6) is -1.74. The second-order valence-electron chi connectivity index (χ2n) is 6.74. The van der Waals surface area contributed by atoms with Gasteiger partial charge in [0.15, 0.2) is 0 Å². The number of allylic oxidation sites excluding steroid dienone is 7. The summed E-state index contributed by atoms with van der Waals surface area (Å²) in [6.07, 6.45) is 15.5. The van der Waals surface area contributed by atoms with Gasteiger partial charge in [-0.15, -0.1) is 0 Å². The smallest absolute Gasteiger partial charge is 0.303 e. The van der Waals surface area contributed by atoms with E-state index in [9.17, 15) is 14.4 Å². The van der Waals surface area contributed by atoms with Gasteiger partial charge in [-0.05, 0) is 31.8 Å². The fourth-order valence-electron chi connectivity index (χ4n) is 2.87. The zero-order chi connectivity index (χ0) is 20.9. The van der Waals surface area contributed by atoms with Gasteiger partial charge in [0, 0.05) is 24.8 Å². The summed E-state index contributed by atoms with van der Waals surface area (Å²) in [6, 6.07) is 0. The van der Waals surface area contributed by atoms with Gasteiger partial charge in [0.2, 0.25) is 5.78 Å². The molecule has 0 heterocycles. The first-order valence-corrected chi connectivity index (χ1v) is 10.1. The van der Waals surface area contributed by atoms with Crippen LogP contribution in [0.4, 0.5) is 0 Å². The van der Waals surface area contributed by atoms with Gasteiger partial charge in [-0.2, -0.15) is 0 Å². The molecule has 0 aromatic carbocycles. The van der Waals surface area contributed by atoms with Crippen LogP contribution in [0.25, 0.3) is 0 Å². The Labute approximate surface area is 171 Å². The molecule has 0 aromatic heterocycles. The van der Waals surface area contributed by atoms with Crippen molar-refractivity contribution in [3.8, 4) is 0 Å². The molecule has 1 N–H and O–H groups in total. The van der Waals surface area contributed by atoms with Crippen LogP contribution in [0, 0.1) is 5.92 Å². The van der Waals surface area contributed by atoms with Crippen LogP contribution in [0.15, 0.2) is 47.1 Å². The highest BCUT2D eigenvalue weighted by molar-refractivity contribution is 6.46. The summed E-state index contributed by atoms with van der Waals surface area (Å²) in [6.45, 7) is 3.44. The van der Waals surface area contributed by atoms with Crippen LogP contribution in [0.1, 0.15) is 58.8 Å². The third-order valence-electron chi connectivity index (χ3n) is 4.32. The van der Waals surface area contributed by atoms with E-state index in [0.717, 1.165) is 12.8 Å². The standard InChI is InChI=1S/C22H29ClO5/c1-3-4-5-6-7-8-10-17-15-20(23)22(27)19(17)12-9-11-18(28-16(2)24)13-14-21(25)26/h7-9,11-12,15,17-18H,3-6,10,13-14H2,1-2H3,(H,25,26)/b8-7+,11-9+,19-12-. The molecular formula is C22H29ClO5. The monoisotopic (exact) mass is 408 g/mol. The quantitative estimate of drug-likeness (QED) is 0.210. The molecule has 28 heavy (non-hydrogen) atoms. The number of carbonyl (C=O) groups is 3. The van der Waals surface area contributed by atoms with Crippen LogP contribution >= 0.6 is 11.6 Å². The van der Waals surface area contributed by atoms with Gasteiger partial charge < -0.3 is 9.84 Å². The maximum atomic E-state index is 12.3. The number of carboxylic acid groups (broad SMARTS) is 1. The van der Waals surface area contributed by atoms with Crippen LogP contribution in [0.3, 0.4) is 0 Å². The van der Waals surface area contributed by atoms with E-state index in [1.165, 1.54) is 19.8 Å². The van der Waals surface area contributed by atoms with E-state index in [1.807, 2.05) is 0 Å². The molecule has 0 spiro atoms. The number of esters is 1. The molecule has 0 radical (unpaired) electrons. The minimum atomic E-state index is -0.961. The minimum absolute atomic E-state index is 0.0849. The third kappa shape index (κ3) is 9.18. The lowest BCUT2D eigenvalue weighted by Crippen LogP contribution is -2.15. The topological polar surface area (TPSA) is 80.7 Å². The van der Waals surface area contributed by atoms with Crippen molar-refractivity contribution in [3.05, 3.63) is 47.1 Å². The fourth-order valence-corrected chi connectivity index (χ4v) is 3.13. The zero-order valence-electron chi connectivity index (χ0n) is 16.5. The number of rotatable bonds is 12. The lowest BCUT2D eigenvalue weighted by molar-refractivity contribution is -0.146. The van der Waals surface area contributed by atoms with Crippen molar-refractivity contribution < 1.29 is 24.2 Å². The molecule has 2 atom stereocenters. The normalized spacial score (nSPS) is 19.5. The van der Waals surface area contributed by atoms with E-state index in [2.05, 4.69) is 19.1 Å².